The summed E-state index contributed by atoms with van der Waals surface area (Å²) in [5.74, 6) is 0.454. The number of ether oxygens (including phenoxy) is 2. The summed E-state index contributed by atoms with van der Waals surface area (Å²) in [5.41, 5.74) is 11.8. The number of hydrogen-bond acceptors (Lipinski definition) is 8. The number of halogens is 1. The number of nitrogens with zero attached hydrogens (tertiary/aromatic N) is 2. The number of fused-ring (bicyclic) bond motifs is 1. The van der Waals surface area contributed by atoms with E-state index in [-0.39, 0.29) is 17.1 Å². The van der Waals surface area contributed by atoms with Gasteiger partial charge in [0.25, 0.3) is 5.91 Å². The fraction of sp³-hybridized carbons (Fsp3) is 0.105. The molecule has 5 N–H and O–H groups in total. The maximum absolute atomic E-state index is 13.7. The summed E-state index contributed by atoms with van der Waals surface area (Å²) in [6.45, 7) is 0.980. The van der Waals surface area contributed by atoms with Crippen LogP contribution < -0.4 is 31.4 Å². The van der Waals surface area contributed by atoms with Crippen molar-refractivity contribution >= 4 is 28.9 Å². The van der Waals surface area contributed by atoms with Gasteiger partial charge in [0, 0.05) is 11.8 Å². The molecule has 1 aliphatic heterocycles. The van der Waals surface area contributed by atoms with Crippen LogP contribution in [0.1, 0.15) is 10.4 Å². The summed E-state index contributed by atoms with van der Waals surface area (Å²) in [6, 6.07) is 11.0. The molecule has 1 aromatic heterocycles. The van der Waals surface area contributed by atoms with Crippen molar-refractivity contribution in [3.05, 3.63) is 60.2 Å². The summed E-state index contributed by atoms with van der Waals surface area (Å²) < 4.78 is 24.7. The summed E-state index contributed by atoms with van der Waals surface area (Å²) in [5, 5.41) is 3.07. The molecule has 9 nitrogen and oxygen atoms in total. The van der Waals surface area contributed by atoms with E-state index in [0.717, 1.165) is 0 Å². The van der Waals surface area contributed by atoms with E-state index in [1.165, 1.54) is 24.5 Å². The number of rotatable bonds is 5. The van der Waals surface area contributed by atoms with Crippen LogP contribution in [0.15, 0.2) is 48.8 Å². The number of hydrazine groups is 1. The molecule has 0 radical (unpaired) electrons. The van der Waals surface area contributed by atoms with Gasteiger partial charge in [-0.1, -0.05) is 12.1 Å². The lowest BCUT2D eigenvalue weighted by molar-refractivity contribution is 0.0958. The third kappa shape index (κ3) is 3.95. The second-order valence-corrected chi connectivity index (χ2v) is 6.03. The summed E-state index contributed by atoms with van der Waals surface area (Å²) >= 11 is 0. The molecule has 1 aliphatic rings. The topological polar surface area (TPSA) is 123 Å². The van der Waals surface area contributed by atoms with Gasteiger partial charge in [-0.3, -0.25) is 15.6 Å². The van der Waals surface area contributed by atoms with Crippen LogP contribution in [0.4, 0.5) is 27.4 Å². The highest BCUT2D eigenvalue weighted by atomic mass is 19.1. The lowest BCUT2D eigenvalue weighted by atomic mass is 10.2. The van der Waals surface area contributed by atoms with E-state index < -0.39 is 11.7 Å². The van der Waals surface area contributed by atoms with E-state index in [0.29, 0.717) is 36.2 Å². The molecule has 4 rings (SSSR count). The van der Waals surface area contributed by atoms with Crippen molar-refractivity contribution in [2.24, 2.45) is 0 Å². The molecule has 2 heterocycles. The molecule has 0 saturated carbocycles. The average Bonchev–Trinajstić information content (AvgIpc) is 2.74. The third-order valence-corrected chi connectivity index (χ3v) is 4.10. The quantitative estimate of drug-likeness (QED) is 0.485. The van der Waals surface area contributed by atoms with Gasteiger partial charge in [0.1, 0.15) is 31.0 Å². The average molecular weight is 396 g/mol. The van der Waals surface area contributed by atoms with Crippen molar-refractivity contribution in [3.8, 4) is 11.5 Å². The zero-order chi connectivity index (χ0) is 20.2. The Bertz CT molecular complexity index is 1060. The number of amides is 1. The van der Waals surface area contributed by atoms with E-state index in [4.69, 9.17) is 15.2 Å². The highest BCUT2D eigenvalue weighted by molar-refractivity contribution is 5.95. The zero-order valence-electron chi connectivity index (χ0n) is 15.1. The SMILES string of the molecule is Nc1c(NNC(=O)c2ccccc2F)ncnc1Nc1ccc2c(c1)OCCO2. The first-order valence-corrected chi connectivity index (χ1v) is 8.70. The Kier molecular flexibility index (Phi) is 4.97. The molecule has 0 aliphatic carbocycles. The molecule has 2 aromatic carbocycles. The Morgan fingerprint density at radius 1 is 1.03 bits per heavy atom. The number of benzene rings is 2. The van der Waals surface area contributed by atoms with Gasteiger partial charge in [0.15, 0.2) is 23.1 Å². The first kappa shape index (κ1) is 18.3. The lowest BCUT2D eigenvalue weighted by Gasteiger charge is -2.19. The molecular formula is C19H17FN6O3. The first-order chi connectivity index (χ1) is 14.1. The van der Waals surface area contributed by atoms with Gasteiger partial charge >= 0.3 is 0 Å². The Morgan fingerprint density at radius 2 is 1.79 bits per heavy atom. The van der Waals surface area contributed by atoms with Gasteiger partial charge < -0.3 is 20.5 Å². The second kappa shape index (κ2) is 7.89. The smallest absolute Gasteiger partial charge is 0.272 e. The van der Waals surface area contributed by atoms with Crippen LogP contribution in [-0.2, 0) is 0 Å². The maximum atomic E-state index is 13.7. The Morgan fingerprint density at radius 3 is 2.62 bits per heavy atom. The highest BCUT2D eigenvalue weighted by Gasteiger charge is 2.15. The van der Waals surface area contributed by atoms with E-state index in [1.807, 2.05) is 0 Å². The summed E-state index contributed by atoms with van der Waals surface area (Å²) in [6.07, 6.45) is 1.27. The van der Waals surface area contributed by atoms with Gasteiger partial charge in [-0.15, -0.1) is 0 Å². The molecule has 0 bridgehead atoms. The Balaban J connectivity index is 1.47. The minimum atomic E-state index is -0.664. The molecule has 0 fully saturated rings. The molecule has 0 spiro atoms. The van der Waals surface area contributed by atoms with Crippen LogP contribution in [0.3, 0.4) is 0 Å². The Hall–Kier alpha value is -4.08. The minimum absolute atomic E-state index is 0.109. The molecule has 29 heavy (non-hydrogen) atoms. The van der Waals surface area contributed by atoms with Gasteiger partial charge in [0.05, 0.1) is 5.56 Å². The van der Waals surface area contributed by atoms with Crippen molar-refractivity contribution in [1.82, 2.24) is 15.4 Å². The molecule has 1 amide bonds. The number of nitrogens with one attached hydrogen (secondary N) is 3. The van der Waals surface area contributed by atoms with Gasteiger partial charge in [-0.25, -0.2) is 14.4 Å². The van der Waals surface area contributed by atoms with Gasteiger partial charge in [0.2, 0.25) is 0 Å². The molecule has 148 valence electrons. The predicted molar refractivity (Wildman–Crippen MR) is 105 cm³/mol. The third-order valence-electron chi connectivity index (χ3n) is 4.10. The first-order valence-electron chi connectivity index (χ1n) is 8.70. The predicted octanol–water partition coefficient (Wildman–Crippen LogP) is 2.47. The Labute approximate surface area is 165 Å². The summed E-state index contributed by atoms with van der Waals surface area (Å²) in [4.78, 5) is 20.2. The van der Waals surface area contributed by atoms with Crippen molar-refractivity contribution in [1.29, 1.82) is 0 Å². The number of anilines is 4. The van der Waals surface area contributed by atoms with Crippen LogP contribution in [0.25, 0.3) is 0 Å². The highest BCUT2D eigenvalue weighted by Crippen LogP contribution is 2.34. The molecule has 0 saturated heterocycles. The largest absolute Gasteiger partial charge is 0.486 e. The number of aromatic nitrogens is 2. The lowest BCUT2D eigenvalue weighted by Crippen LogP contribution is -2.31. The van der Waals surface area contributed by atoms with Crippen LogP contribution in [0.5, 0.6) is 11.5 Å². The standard InChI is InChI=1S/C19H17FN6O3/c20-13-4-2-1-3-12(13)19(27)26-25-18-16(21)17(22-10-23-18)24-11-5-6-14-15(9-11)29-8-7-28-14/h1-6,9-10H,7-8,21H2,(H,26,27)(H2,22,23,24,25). The molecule has 3 aromatic rings. The van der Waals surface area contributed by atoms with Crippen LogP contribution >= 0.6 is 0 Å². The molecule has 10 heteroatoms. The van der Waals surface area contributed by atoms with Gasteiger partial charge in [-0.2, -0.15) is 0 Å². The normalized spacial score (nSPS) is 12.2. The van der Waals surface area contributed by atoms with E-state index in [2.05, 4.69) is 26.1 Å². The minimum Gasteiger partial charge on any atom is -0.486 e. The fourth-order valence-electron chi connectivity index (χ4n) is 2.68. The number of carbonyl (C=O) groups excluding carboxylic acids is 1. The van der Waals surface area contributed by atoms with E-state index in [1.54, 1.807) is 24.3 Å². The maximum Gasteiger partial charge on any atom is 0.272 e. The van der Waals surface area contributed by atoms with Crippen LogP contribution in [0.2, 0.25) is 0 Å². The summed E-state index contributed by atoms with van der Waals surface area (Å²) in [7, 11) is 0. The number of nitrogen functional groups attached to an aromatic ring is 1. The van der Waals surface area contributed by atoms with Crippen molar-refractivity contribution in [2.45, 2.75) is 0 Å². The second-order valence-electron chi connectivity index (χ2n) is 6.03. The molecule has 0 unspecified atom stereocenters. The number of nitrogens with two attached hydrogens (primary N) is 1. The number of hydrogen-bond donors (Lipinski definition) is 4. The van der Waals surface area contributed by atoms with Crippen LogP contribution in [0, 0.1) is 5.82 Å². The van der Waals surface area contributed by atoms with Gasteiger partial charge in [-0.05, 0) is 24.3 Å². The fourth-order valence-corrected chi connectivity index (χ4v) is 2.68. The van der Waals surface area contributed by atoms with Crippen molar-refractivity contribution < 1.29 is 18.7 Å². The monoisotopic (exact) mass is 396 g/mol. The van der Waals surface area contributed by atoms with Crippen molar-refractivity contribution in [3.63, 3.8) is 0 Å². The molecule has 0 atom stereocenters. The number of carbonyl (C=O) groups is 1. The van der Waals surface area contributed by atoms with Crippen molar-refractivity contribution in [2.75, 3.05) is 29.7 Å². The van der Waals surface area contributed by atoms with E-state index in [9.17, 15) is 9.18 Å². The van der Waals surface area contributed by atoms with Crippen LogP contribution in [-0.4, -0.2) is 29.1 Å². The molecular weight excluding hydrogens is 379 g/mol. The van der Waals surface area contributed by atoms with E-state index >= 15 is 0 Å². The zero-order valence-corrected chi connectivity index (χ0v) is 15.1.